The van der Waals surface area contributed by atoms with Crippen molar-refractivity contribution in [1.29, 1.82) is 5.26 Å². The number of benzene rings is 2. The first kappa shape index (κ1) is 20.6. The van der Waals surface area contributed by atoms with Crippen LogP contribution in [-0.4, -0.2) is 21.5 Å². The summed E-state index contributed by atoms with van der Waals surface area (Å²) in [6.07, 6.45) is -3.39. The molecule has 2 aromatic carbocycles. The third-order valence-electron chi connectivity index (χ3n) is 4.27. The lowest BCUT2D eigenvalue weighted by Crippen LogP contribution is -2.24. The molecule has 6 nitrogen and oxygen atoms in total. The Hall–Kier alpha value is -3.15. The van der Waals surface area contributed by atoms with E-state index >= 15 is 0 Å². The maximum atomic E-state index is 14.6. The first-order valence-corrected chi connectivity index (χ1v) is 9.78. The summed E-state index contributed by atoms with van der Waals surface area (Å²) >= 11 is 0. The lowest BCUT2D eigenvalue weighted by atomic mass is 10.1. The van der Waals surface area contributed by atoms with Gasteiger partial charge in [-0.05, 0) is 24.3 Å². The normalized spacial score (nSPS) is 21.4. The van der Waals surface area contributed by atoms with Crippen molar-refractivity contribution >= 4 is 15.4 Å². The lowest BCUT2D eigenvalue weighted by Gasteiger charge is -2.16. The van der Waals surface area contributed by atoms with Crippen LogP contribution >= 0.6 is 0 Å². The summed E-state index contributed by atoms with van der Waals surface area (Å²) in [6.45, 7) is 6.93. The van der Waals surface area contributed by atoms with E-state index in [1.165, 1.54) is 6.19 Å². The number of alkyl halides is 3. The van der Waals surface area contributed by atoms with Gasteiger partial charge in [0.15, 0.2) is 11.9 Å². The van der Waals surface area contributed by atoms with Gasteiger partial charge in [-0.1, -0.05) is 0 Å². The Morgan fingerprint density at radius 2 is 2.03 bits per heavy atom. The maximum absolute atomic E-state index is 14.6. The Balaban J connectivity index is 2.25. The van der Waals surface area contributed by atoms with Crippen molar-refractivity contribution < 1.29 is 31.6 Å². The van der Waals surface area contributed by atoms with Gasteiger partial charge < -0.3 is 9.84 Å². The van der Waals surface area contributed by atoms with E-state index in [-0.39, 0.29) is 11.4 Å². The van der Waals surface area contributed by atoms with Gasteiger partial charge in [0, 0.05) is 23.4 Å². The van der Waals surface area contributed by atoms with Crippen LogP contribution < -0.4 is 4.74 Å². The first-order valence-electron chi connectivity index (χ1n) is 7.86. The summed E-state index contributed by atoms with van der Waals surface area (Å²) in [5.74, 6) is -5.85. The van der Waals surface area contributed by atoms with Crippen LogP contribution in [0.1, 0.15) is 23.4 Å². The average Bonchev–Trinajstić information content (AvgIpc) is 2.82. The molecule has 0 fully saturated rings. The highest BCUT2D eigenvalue weighted by Crippen LogP contribution is 2.57. The molecule has 0 heterocycles. The van der Waals surface area contributed by atoms with Crippen LogP contribution in [-0.2, 0) is 9.73 Å². The third kappa shape index (κ3) is 3.39. The molecule has 2 aromatic rings. The molecule has 1 unspecified atom stereocenters. The molecule has 0 saturated heterocycles. The summed E-state index contributed by atoms with van der Waals surface area (Å²) in [7, 11) is -3.55. The molecule has 3 atom stereocenters. The minimum Gasteiger partial charge on any atom is -0.458 e. The Labute approximate surface area is 163 Å². The van der Waals surface area contributed by atoms with Crippen LogP contribution in [0.5, 0.6) is 11.5 Å². The maximum Gasteiger partial charge on any atom is 0.312 e. The van der Waals surface area contributed by atoms with Crippen molar-refractivity contribution in [2.24, 2.45) is 4.36 Å². The van der Waals surface area contributed by atoms with Gasteiger partial charge in [-0.2, -0.15) is 14.0 Å². The molecule has 0 spiro atoms. The summed E-state index contributed by atoms with van der Waals surface area (Å²) in [5.41, 5.74) is -1.62. The SMILES string of the molecule is [C-]#[N+]c1cc(F)cc(Oc2ccc(S(C)(=O)=NC#N)c3c2[C@H](F)C(F)(F)[C@H]3O)c1. The van der Waals surface area contributed by atoms with Gasteiger partial charge >= 0.3 is 5.92 Å². The molecule has 3 rings (SSSR count). The number of nitrogens with zero attached hydrogens (tertiary/aromatic N) is 3. The highest BCUT2D eigenvalue weighted by Gasteiger charge is 2.58. The summed E-state index contributed by atoms with van der Waals surface area (Å²) < 4.78 is 77.8. The second-order valence-electron chi connectivity index (χ2n) is 6.18. The quantitative estimate of drug-likeness (QED) is 0.435. The second kappa shape index (κ2) is 7.03. The van der Waals surface area contributed by atoms with E-state index in [0.29, 0.717) is 0 Å². The largest absolute Gasteiger partial charge is 0.458 e. The highest BCUT2D eigenvalue weighted by molar-refractivity contribution is 7.93. The fourth-order valence-electron chi connectivity index (χ4n) is 3.01. The molecule has 11 heteroatoms. The van der Waals surface area contributed by atoms with Gasteiger partial charge in [0.25, 0.3) is 0 Å². The third-order valence-corrected chi connectivity index (χ3v) is 5.87. The molecular formula is C18H11F4N3O3S. The number of aliphatic hydroxyl groups excluding tert-OH is 1. The highest BCUT2D eigenvalue weighted by atomic mass is 32.2. The fraction of sp³-hybridized carbons (Fsp3) is 0.222. The van der Waals surface area contributed by atoms with E-state index < -0.39 is 55.5 Å². The van der Waals surface area contributed by atoms with Gasteiger partial charge in [0.1, 0.15) is 23.4 Å². The molecular weight excluding hydrogens is 414 g/mol. The molecule has 0 aromatic heterocycles. The number of hydrogen-bond acceptors (Lipinski definition) is 5. The van der Waals surface area contributed by atoms with Crippen molar-refractivity contribution in [1.82, 2.24) is 0 Å². The second-order valence-corrected chi connectivity index (χ2v) is 8.41. The number of hydrogen-bond donors (Lipinski definition) is 1. The summed E-state index contributed by atoms with van der Waals surface area (Å²) in [5, 5.41) is 18.7. The van der Waals surface area contributed by atoms with E-state index in [2.05, 4.69) is 9.21 Å². The first-order chi connectivity index (χ1) is 13.5. The molecule has 0 radical (unpaired) electrons. The van der Waals surface area contributed by atoms with E-state index in [1.807, 2.05) is 0 Å². The van der Waals surface area contributed by atoms with Crippen LogP contribution in [0.15, 0.2) is 39.6 Å². The van der Waals surface area contributed by atoms with Crippen molar-refractivity contribution in [2.75, 3.05) is 6.26 Å². The van der Waals surface area contributed by atoms with Crippen LogP contribution in [0.3, 0.4) is 0 Å². The number of aliphatic hydroxyl groups is 1. The molecule has 0 aliphatic heterocycles. The number of rotatable bonds is 3. The smallest absolute Gasteiger partial charge is 0.312 e. The van der Waals surface area contributed by atoms with Crippen LogP contribution in [0.2, 0.25) is 0 Å². The molecule has 29 heavy (non-hydrogen) atoms. The molecule has 1 N–H and O–H groups in total. The van der Waals surface area contributed by atoms with E-state index in [4.69, 9.17) is 16.6 Å². The van der Waals surface area contributed by atoms with Crippen molar-refractivity contribution in [3.05, 3.63) is 58.7 Å². The molecule has 150 valence electrons. The van der Waals surface area contributed by atoms with E-state index in [0.717, 1.165) is 36.6 Å². The monoisotopic (exact) mass is 425 g/mol. The number of nitriles is 1. The minimum atomic E-state index is -4.26. The summed E-state index contributed by atoms with van der Waals surface area (Å²) in [4.78, 5) is 2.60. The molecule has 1 aliphatic carbocycles. The molecule has 0 saturated carbocycles. The van der Waals surface area contributed by atoms with E-state index in [1.54, 1.807) is 0 Å². The van der Waals surface area contributed by atoms with Gasteiger partial charge in [-0.3, -0.25) is 0 Å². The number of fused-ring (bicyclic) bond motifs is 1. The zero-order valence-corrected chi connectivity index (χ0v) is 15.4. The fourth-order valence-corrected chi connectivity index (χ4v) is 4.21. The summed E-state index contributed by atoms with van der Waals surface area (Å²) in [6, 6.07) is 4.91. The predicted molar refractivity (Wildman–Crippen MR) is 93.3 cm³/mol. The van der Waals surface area contributed by atoms with Gasteiger partial charge in [0.05, 0.1) is 21.2 Å². The lowest BCUT2D eigenvalue weighted by molar-refractivity contribution is -0.143. The van der Waals surface area contributed by atoms with Crippen LogP contribution in [0.25, 0.3) is 4.85 Å². The average molecular weight is 425 g/mol. The van der Waals surface area contributed by atoms with Crippen LogP contribution in [0.4, 0.5) is 23.2 Å². The van der Waals surface area contributed by atoms with Crippen molar-refractivity contribution in [3.8, 4) is 17.7 Å². The minimum absolute atomic E-state index is 0.139. The zero-order chi connectivity index (χ0) is 21.6. The number of ether oxygens (including phenoxy) is 1. The molecule has 1 aliphatic rings. The molecule has 0 amide bonds. The van der Waals surface area contributed by atoms with Crippen LogP contribution in [0, 0.1) is 23.8 Å². The van der Waals surface area contributed by atoms with Gasteiger partial charge in [-0.25, -0.2) is 17.8 Å². The topological polar surface area (TPSA) is 87.0 Å². The zero-order valence-electron chi connectivity index (χ0n) is 14.6. The Morgan fingerprint density at radius 1 is 1.34 bits per heavy atom. The Morgan fingerprint density at radius 3 is 2.66 bits per heavy atom. The van der Waals surface area contributed by atoms with Crippen molar-refractivity contribution in [2.45, 2.75) is 23.1 Å². The van der Waals surface area contributed by atoms with Gasteiger partial charge in [-0.15, -0.1) is 4.36 Å². The van der Waals surface area contributed by atoms with Crippen molar-refractivity contribution in [3.63, 3.8) is 0 Å². The molecule has 0 bridgehead atoms. The standard InChI is InChI=1S/C18H11F4N3O3S/c1-24-10-5-9(19)6-11(7-10)28-12-3-4-13(29(2,27)25-8-23)15-14(12)16(20)18(21,22)17(15)26/h3-7,16-17,26H,2H3/t16-,17-,29?/m0/s1. The predicted octanol–water partition coefficient (Wildman–Crippen LogP) is 4.80. The van der Waals surface area contributed by atoms with Gasteiger partial charge in [0.2, 0.25) is 6.19 Å². The van der Waals surface area contributed by atoms with E-state index in [9.17, 15) is 26.9 Å². The Bertz CT molecular complexity index is 1210. The Kier molecular flexibility index (Phi) is 4.99. The number of halogens is 4.